The second kappa shape index (κ2) is 4.92. The molecule has 2 N–H and O–H groups in total. The van der Waals surface area contributed by atoms with Crippen LogP contribution in [-0.2, 0) is 16.1 Å². The highest BCUT2D eigenvalue weighted by atomic mass is 16.4. The van der Waals surface area contributed by atoms with Gasteiger partial charge >= 0.3 is 5.97 Å². The van der Waals surface area contributed by atoms with Gasteiger partial charge in [0, 0.05) is 12.7 Å². The maximum absolute atomic E-state index is 12.4. The van der Waals surface area contributed by atoms with Crippen LogP contribution in [0, 0.1) is 23.7 Å². The summed E-state index contributed by atoms with van der Waals surface area (Å²) >= 11 is 0. The number of carbonyl (C=O) groups excluding carboxylic acids is 1. The molecule has 2 fully saturated rings. The van der Waals surface area contributed by atoms with Crippen molar-refractivity contribution in [2.75, 3.05) is 5.32 Å². The first-order chi connectivity index (χ1) is 9.60. The molecule has 108 valence electrons. The highest BCUT2D eigenvalue weighted by Gasteiger charge is 2.53. The molecule has 1 heterocycles. The van der Waals surface area contributed by atoms with Gasteiger partial charge < -0.3 is 10.4 Å². The van der Waals surface area contributed by atoms with E-state index in [2.05, 4.69) is 10.4 Å². The topological polar surface area (TPSA) is 84.2 Å². The lowest BCUT2D eigenvalue weighted by Crippen LogP contribution is -2.37. The lowest BCUT2D eigenvalue weighted by Gasteiger charge is -2.26. The van der Waals surface area contributed by atoms with Crippen LogP contribution in [0.2, 0.25) is 0 Å². The Morgan fingerprint density at radius 1 is 1.40 bits per heavy atom. The van der Waals surface area contributed by atoms with Crippen molar-refractivity contribution in [1.82, 2.24) is 9.78 Å². The highest BCUT2D eigenvalue weighted by Crippen LogP contribution is 2.52. The van der Waals surface area contributed by atoms with E-state index in [4.69, 9.17) is 0 Å². The molecule has 2 aliphatic rings. The lowest BCUT2D eigenvalue weighted by atomic mass is 9.78. The molecule has 0 aromatic carbocycles. The minimum absolute atomic E-state index is 0.166. The van der Waals surface area contributed by atoms with Gasteiger partial charge in [0.15, 0.2) is 0 Å². The third kappa shape index (κ3) is 2.09. The molecule has 0 spiro atoms. The van der Waals surface area contributed by atoms with Gasteiger partial charge in [-0.1, -0.05) is 0 Å². The minimum atomic E-state index is -0.832. The lowest BCUT2D eigenvalue weighted by molar-refractivity contribution is -0.148. The van der Waals surface area contributed by atoms with E-state index in [1.165, 1.54) is 0 Å². The van der Waals surface area contributed by atoms with Gasteiger partial charge in [-0.15, -0.1) is 0 Å². The first-order valence-electron chi connectivity index (χ1n) is 7.16. The summed E-state index contributed by atoms with van der Waals surface area (Å²) in [5.41, 5.74) is 0.642. The highest BCUT2D eigenvalue weighted by molar-refractivity contribution is 5.95. The van der Waals surface area contributed by atoms with Gasteiger partial charge in [-0.3, -0.25) is 14.3 Å². The number of aromatic nitrogens is 2. The number of nitrogens with one attached hydrogen (secondary N) is 1. The van der Waals surface area contributed by atoms with Gasteiger partial charge in [0.25, 0.3) is 0 Å². The van der Waals surface area contributed by atoms with E-state index in [0.29, 0.717) is 5.69 Å². The molecule has 0 radical (unpaired) electrons. The van der Waals surface area contributed by atoms with Crippen molar-refractivity contribution in [3.05, 3.63) is 12.4 Å². The summed E-state index contributed by atoms with van der Waals surface area (Å²) in [6.07, 6.45) is 6.16. The number of fused-ring (bicyclic) bond motifs is 2. The first kappa shape index (κ1) is 13.1. The number of anilines is 1. The van der Waals surface area contributed by atoms with Crippen LogP contribution in [-0.4, -0.2) is 26.8 Å². The molecule has 1 aromatic rings. The molecule has 1 amide bonds. The zero-order chi connectivity index (χ0) is 14.3. The molecule has 4 unspecified atom stereocenters. The molecular formula is C14H19N3O3. The number of carboxylic acid groups (broad SMARTS) is 1. The summed E-state index contributed by atoms with van der Waals surface area (Å²) in [6.45, 7) is 2.71. The normalized spacial score (nSPS) is 31.4. The van der Waals surface area contributed by atoms with Crippen molar-refractivity contribution in [3.63, 3.8) is 0 Å². The van der Waals surface area contributed by atoms with Gasteiger partial charge in [-0.05, 0) is 38.0 Å². The molecule has 0 saturated heterocycles. The zero-order valence-electron chi connectivity index (χ0n) is 11.5. The van der Waals surface area contributed by atoms with E-state index in [0.717, 1.165) is 25.8 Å². The molecule has 2 aliphatic carbocycles. The Bertz CT molecular complexity index is 540. The Morgan fingerprint density at radius 3 is 2.70 bits per heavy atom. The van der Waals surface area contributed by atoms with Crippen LogP contribution in [0.1, 0.15) is 26.2 Å². The van der Waals surface area contributed by atoms with E-state index >= 15 is 0 Å². The number of rotatable bonds is 4. The van der Waals surface area contributed by atoms with Crippen molar-refractivity contribution >= 4 is 17.6 Å². The molecule has 20 heavy (non-hydrogen) atoms. The van der Waals surface area contributed by atoms with Gasteiger partial charge in [-0.25, -0.2) is 0 Å². The first-order valence-corrected chi connectivity index (χ1v) is 7.16. The Kier molecular flexibility index (Phi) is 3.23. The van der Waals surface area contributed by atoms with Gasteiger partial charge in [-0.2, -0.15) is 5.10 Å². The largest absolute Gasteiger partial charge is 0.481 e. The number of hydrogen-bond donors (Lipinski definition) is 2. The van der Waals surface area contributed by atoms with Crippen LogP contribution in [0.3, 0.4) is 0 Å². The summed E-state index contributed by atoms with van der Waals surface area (Å²) in [5, 5.41) is 16.3. The molecule has 6 nitrogen and oxygen atoms in total. The Hall–Kier alpha value is -1.85. The Morgan fingerprint density at radius 2 is 2.10 bits per heavy atom. The maximum atomic E-state index is 12.4. The van der Waals surface area contributed by atoms with Crippen LogP contribution in [0.15, 0.2) is 12.4 Å². The maximum Gasteiger partial charge on any atom is 0.307 e. The fourth-order valence-electron chi connectivity index (χ4n) is 3.85. The summed E-state index contributed by atoms with van der Waals surface area (Å²) < 4.78 is 1.73. The molecule has 1 aromatic heterocycles. The van der Waals surface area contributed by atoms with Crippen LogP contribution in [0.25, 0.3) is 0 Å². The zero-order valence-corrected chi connectivity index (χ0v) is 11.5. The quantitative estimate of drug-likeness (QED) is 0.875. The second-order valence-electron chi connectivity index (χ2n) is 5.80. The standard InChI is InChI=1S/C14H19N3O3/c1-2-17-7-10(6-15-17)16-13(18)11-8-3-4-9(5-8)12(11)14(19)20/h6-9,11-12H,2-5H2,1H3,(H,16,18)(H,19,20). The Balaban J connectivity index is 1.74. The van der Waals surface area contributed by atoms with Crippen molar-refractivity contribution in [1.29, 1.82) is 0 Å². The SMILES string of the molecule is CCn1cc(NC(=O)C2C3CCC(C3)C2C(=O)O)cn1. The van der Waals surface area contributed by atoms with Crippen LogP contribution in [0.5, 0.6) is 0 Å². The number of nitrogens with zero attached hydrogens (tertiary/aromatic N) is 2. The summed E-state index contributed by atoms with van der Waals surface area (Å²) in [4.78, 5) is 23.8. The number of aryl methyl sites for hydroxylation is 1. The fraction of sp³-hybridized carbons (Fsp3) is 0.643. The summed E-state index contributed by atoms with van der Waals surface area (Å²) in [5.74, 6) is -1.51. The average Bonchev–Trinajstić information content (AvgIpc) is 3.12. The van der Waals surface area contributed by atoms with Crippen LogP contribution < -0.4 is 5.32 Å². The van der Waals surface area contributed by atoms with E-state index in [-0.39, 0.29) is 17.7 Å². The van der Waals surface area contributed by atoms with Gasteiger partial charge in [0.1, 0.15) is 0 Å². The van der Waals surface area contributed by atoms with Gasteiger partial charge in [0.05, 0.1) is 23.7 Å². The molecule has 2 bridgehead atoms. The van der Waals surface area contributed by atoms with Crippen molar-refractivity contribution < 1.29 is 14.7 Å². The molecule has 3 rings (SSSR count). The number of amides is 1. The molecule has 0 aliphatic heterocycles. The monoisotopic (exact) mass is 277 g/mol. The van der Waals surface area contributed by atoms with E-state index in [1.807, 2.05) is 6.92 Å². The average molecular weight is 277 g/mol. The molecule has 2 saturated carbocycles. The number of aliphatic carboxylic acids is 1. The van der Waals surface area contributed by atoms with E-state index in [9.17, 15) is 14.7 Å². The predicted molar refractivity (Wildman–Crippen MR) is 72.0 cm³/mol. The minimum Gasteiger partial charge on any atom is -0.481 e. The van der Waals surface area contributed by atoms with Crippen molar-refractivity contribution in [3.8, 4) is 0 Å². The fourth-order valence-corrected chi connectivity index (χ4v) is 3.85. The predicted octanol–water partition coefficient (Wildman–Crippen LogP) is 1.59. The van der Waals surface area contributed by atoms with E-state index in [1.54, 1.807) is 17.1 Å². The second-order valence-corrected chi connectivity index (χ2v) is 5.80. The van der Waals surface area contributed by atoms with Crippen LogP contribution >= 0.6 is 0 Å². The van der Waals surface area contributed by atoms with Gasteiger partial charge in [0.2, 0.25) is 5.91 Å². The van der Waals surface area contributed by atoms with Crippen LogP contribution in [0.4, 0.5) is 5.69 Å². The smallest absolute Gasteiger partial charge is 0.307 e. The van der Waals surface area contributed by atoms with Crippen molar-refractivity contribution in [2.24, 2.45) is 23.7 Å². The van der Waals surface area contributed by atoms with Crippen molar-refractivity contribution in [2.45, 2.75) is 32.7 Å². The molecule has 6 heteroatoms. The summed E-state index contributed by atoms with van der Waals surface area (Å²) in [6, 6.07) is 0. The third-order valence-corrected chi connectivity index (χ3v) is 4.73. The third-order valence-electron chi connectivity index (χ3n) is 4.73. The number of hydrogen-bond acceptors (Lipinski definition) is 3. The van der Waals surface area contributed by atoms with E-state index < -0.39 is 17.8 Å². The number of carboxylic acids is 1. The molecule has 4 atom stereocenters. The number of carbonyl (C=O) groups is 2. The Labute approximate surface area is 117 Å². The molecular weight excluding hydrogens is 258 g/mol. The summed E-state index contributed by atoms with van der Waals surface area (Å²) in [7, 11) is 0.